The van der Waals surface area contributed by atoms with Gasteiger partial charge >= 0.3 is 30.0 Å². The maximum atomic E-state index is 12.5. The number of benzene rings is 1. The van der Waals surface area contributed by atoms with E-state index in [0.29, 0.717) is 5.56 Å². The first kappa shape index (κ1) is 26.6. The lowest BCUT2D eigenvalue weighted by Crippen LogP contribution is -2.67. The van der Waals surface area contributed by atoms with E-state index in [9.17, 15) is 24.0 Å². The number of hydrogen-bond acceptors (Lipinski definition) is 11. The molecule has 1 aromatic carbocycles. The Morgan fingerprint density at radius 1 is 0.794 bits per heavy atom. The molecule has 34 heavy (non-hydrogen) atoms. The summed E-state index contributed by atoms with van der Waals surface area (Å²) in [5, 5.41) is 2.45. The van der Waals surface area contributed by atoms with Gasteiger partial charge in [-0.1, -0.05) is 30.3 Å². The molecule has 12 nitrogen and oxygen atoms in total. The van der Waals surface area contributed by atoms with Gasteiger partial charge in [-0.3, -0.25) is 19.2 Å². The van der Waals surface area contributed by atoms with E-state index < -0.39 is 67.2 Å². The number of carbonyl (C=O) groups excluding carboxylic acids is 5. The van der Waals surface area contributed by atoms with E-state index in [2.05, 4.69) is 5.32 Å². The summed E-state index contributed by atoms with van der Waals surface area (Å²) in [6, 6.07) is 7.51. The third-order valence-electron chi connectivity index (χ3n) is 4.48. The zero-order valence-corrected chi connectivity index (χ0v) is 19.2. The highest BCUT2D eigenvalue weighted by atomic mass is 16.7. The summed E-state index contributed by atoms with van der Waals surface area (Å²) >= 11 is 0. The lowest BCUT2D eigenvalue weighted by atomic mass is 9.96. The highest BCUT2D eigenvalue weighted by Crippen LogP contribution is 2.28. The van der Waals surface area contributed by atoms with Crippen molar-refractivity contribution in [2.45, 2.75) is 64.9 Å². The highest BCUT2D eigenvalue weighted by molar-refractivity contribution is 5.70. The van der Waals surface area contributed by atoms with Gasteiger partial charge in [0.2, 0.25) is 6.29 Å². The first-order chi connectivity index (χ1) is 16.1. The Morgan fingerprint density at radius 2 is 1.38 bits per heavy atom. The topological polar surface area (TPSA) is 153 Å². The number of ether oxygens (including phenoxy) is 6. The molecule has 2 rings (SSSR count). The van der Waals surface area contributed by atoms with Crippen molar-refractivity contribution in [1.82, 2.24) is 5.32 Å². The quantitative estimate of drug-likeness (QED) is 0.418. The molecule has 186 valence electrons. The molecule has 0 spiro atoms. The molecule has 1 aliphatic rings. The van der Waals surface area contributed by atoms with E-state index >= 15 is 0 Å². The Kier molecular flexibility index (Phi) is 9.80. The van der Waals surface area contributed by atoms with Crippen LogP contribution in [0.1, 0.15) is 33.3 Å². The van der Waals surface area contributed by atoms with Gasteiger partial charge in [0.15, 0.2) is 12.2 Å². The van der Waals surface area contributed by atoms with Crippen LogP contribution in [0, 0.1) is 0 Å². The van der Waals surface area contributed by atoms with E-state index in [-0.39, 0.29) is 6.61 Å². The molecule has 0 unspecified atom stereocenters. The molecule has 1 fully saturated rings. The van der Waals surface area contributed by atoms with E-state index in [4.69, 9.17) is 28.4 Å². The van der Waals surface area contributed by atoms with Gasteiger partial charge in [-0.15, -0.1) is 0 Å². The van der Waals surface area contributed by atoms with E-state index in [1.54, 1.807) is 30.3 Å². The molecule has 1 saturated heterocycles. The summed E-state index contributed by atoms with van der Waals surface area (Å²) in [5.41, 5.74) is 0.713. The summed E-state index contributed by atoms with van der Waals surface area (Å²) in [7, 11) is 0. The standard InChI is InChI=1S/C22H27NO11/c1-12(24)29-11-17-19(31-13(2)25)20(32-14(3)26)18(21(34-17)33-15(4)27)23-22(28)30-10-16-8-6-5-7-9-16/h5-9,17-21H,10-11H2,1-4H3,(H,23,28)/t17-,18+,19+,20-,21-/m1/s1. The van der Waals surface area contributed by atoms with Crippen LogP contribution in [0.25, 0.3) is 0 Å². The van der Waals surface area contributed by atoms with E-state index in [1.165, 1.54) is 0 Å². The minimum atomic E-state index is -1.49. The first-order valence-electron chi connectivity index (χ1n) is 10.3. The Hall–Kier alpha value is -3.67. The van der Waals surface area contributed by atoms with Gasteiger partial charge in [0.1, 0.15) is 25.4 Å². The van der Waals surface area contributed by atoms with Crippen LogP contribution in [0.4, 0.5) is 4.79 Å². The molecule has 12 heteroatoms. The summed E-state index contributed by atoms with van der Waals surface area (Å²) in [5.74, 6) is -2.95. The minimum Gasteiger partial charge on any atom is -0.463 e. The third kappa shape index (κ3) is 8.35. The number of hydrogen-bond donors (Lipinski definition) is 1. The molecule has 1 N–H and O–H groups in total. The van der Waals surface area contributed by atoms with Crippen LogP contribution >= 0.6 is 0 Å². The summed E-state index contributed by atoms with van der Waals surface area (Å²) in [6.07, 6.45) is -6.29. The maximum absolute atomic E-state index is 12.5. The number of carbonyl (C=O) groups is 5. The van der Waals surface area contributed by atoms with Gasteiger partial charge in [-0.25, -0.2) is 4.79 Å². The fraction of sp³-hybridized carbons (Fsp3) is 0.500. The average molecular weight is 481 g/mol. The van der Waals surface area contributed by atoms with Crippen LogP contribution in [0.5, 0.6) is 0 Å². The van der Waals surface area contributed by atoms with Crippen LogP contribution in [-0.4, -0.2) is 67.2 Å². The number of amides is 1. The van der Waals surface area contributed by atoms with Crippen LogP contribution in [-0.2, 0) is 54.2 Å². The molecular weight excluding hydrogens is 454 g/mol. The van der Waals surface area contributed by atoms with Crippen LogP contribution in [0.3, 0.4) is 0 Å². The monoisotopic (exact) mass is 481 g/mol. The normalized spacial score (nSPS) is 23.7. The fourth-order valence-corrected chi connectivity index (χ4v) is 3.22. The highest BCUT2D eigenvalue weighted by Gasteiger charge is 2.52. The van der Waals surface area contributed by atoms with Crippen molar-refractivity contribution in [2.75, 3.05) is 6.61 Å². The number of esters is 4. The lowest BCUT2D eigenvalue weighted by molar-refractivity contribution is -0.270. The van der Waals surface area contributed by atoms with E-state index in [1.807, 2.05) is 0 Å². The molecule has 5 atom stereocenters. The maximum Gasteiger partial charge on any atom is 0.408 e. The number of rotatable bonds is 8. The van der Waals surface area contributed by atoms with Gasteiger partial charge in [0.05, 0.1) is 0 Å². The van der Waals surface area contributed by atoms with Crippen molar-refractivity contribution >= 4 is 30.0 Å². The molecule has 0 radical (unpaired) electrons. The molecule has 1 aliphatic heterocycles. The van der Waals surface area contributed by atoms with Crippen LogP contribution in [0.2, 0.25) is 0 Å². The molecule has 1 aromatic rings. The van der Waals surface area contributed by atoms with Crippen molar-refractivity contribution in [2.24, 2.45) is 0 Å². The van der Waals surface area contributed by atoms with E-state index in [0.717, 1.165) is 27.7 Å². The second-order valence-electron chi connectivity index (χ2n) is 7.33. The van der Waals surface area contributed by atoms with Gasteiger partial charge in [0.25, 0.3) is 0 Å². The van der Waals surface area contributed by atoms with Gasteiger partial charge in [-0.05, 0) is 5.56 Å². The molecule has 0 aromatic heterocycles. The van der Waals surface area contributed by atoms with Crippen molar-refractivity contribution in [3.05, 3.63) is 35.9 Å². The lowest BCUT2D eigenvalue weighted by Gasteiger charge is -2.44. The predicted molar refractivity (Wildman–Crippen MR) is 112 cm³/mol. The largest absolute Gasteiger partial charge is 0.463 e. The molecule has 1 heterocycles. The number of alkyl carbamates (subject to hydrolysis) is 1. The summed E-state index contributed by atoms with van der Waals surface area (Å²) in [4.78, 5) is 59.1. The summed E-state index contributed by atoms with van der Waals surface area (Å²) in [6.45, 7) is 4.00. The molecule has 0 saturated carbocycles. The average Bonchev–Trinajstić information content (AvgIpc) is 2.74. The van der Waals surface area contributed by atoms with Crippen molar-refractivity contribution < 1.29 is 52.4 Å². The van der Waals surface area contributed by atoms with Gasteiger partial charge in [0, 0.05) is 27.7 Å². The number of nitrogens with one attached hydrogen (secondary N) is 1. The van der Waals surface area contributed by atoms with Crippen molar-refractivity contribution in [1.29, 1.82) is 0 Å². The molecular formula is C22H27NO11. The zero-order chi connectivity index (χ0) is 25.3. The Morgan fingerprint density at radius 3 is 1.94 bits per heavy atom. The predicted octanol–water partition coefficient (Wildman–Crippen LogP) is 0.996. The zero-order valence-electron chi connectivity index (χ0n) is 19.2. The fourth-order valence-electron chi connectivity index (χ4n) is 3.22. The van der Waals surface area contributed by atoms with Crippen LogP contribution < -0.4 is 5.32 Å². The molecule has 0 aliphatic carbocycles. The van der Waals surface area contributed by atoms with Gasteiger partial charge in [-0.2, -0.15) is 0 Å². The molecule has 0 bridgehead atoms. The van der Waals surface area contributed by atoms with Gasteiger partial charge < -0.3 is 33.7 Å². The minimum absolute atomic E-state index is 0.0703. The second-order valence-corrected chi connectivity index (χ2v) is 7.33. The van der Waals surface area contributed by atoms with Crippen LogP contribution in [0.15, 0.2) is 30.3 Å². The third-order valence-corrected chi connectivity index (χ3v) is 4.48. The molecule has 1 amide bonds. The smallest absolute Gasteiger partial charge is 0.408 e. The summed E-state index contributed by atoms with van der Waals surface area (Å²) < 4.78 is 31.6. The first-order valence-corrected chi connectivity index (χ1v) is 10.3. The SMILES string of the molecule is CC(=O)OC[C@H]1O[C@@H](OC(C)=O)[C@@H](NC(=O)OCc2ccccc2)[C@@H](OC(C)=O)[C@H]1OC(C)=O. The Bertz CT molecular complexity index is 888. The van der Waals surface area contributed by atoms with Crippen molar-refractivity contribution in [3.63, 3.8) is 0 Å². The van der Waals surface area contributed by atoms with Crippen molar-refractivity contribution in [3.8, 4) is 0 Å². The Balaban J connectivity index is 2.30. The second kappa shape index (κ2) is 12.5. The Labute approximate surface area is 195 Å².